The smallest absolute Gasteiger partial charge is 0.144 e. The van der Waals surface area contributed by atoms with Crippen molar-refractivity contribution in [3.63, 3.8) is 0 Å². The highest BCUT2D eigenvalue weighted by Crippen LogP contribution is 2.53. The first-order chi connectivity index (χ1) is 9.26. The third-order valence-electron chi connectivity index (χ3n) is 3.28. The molecule has 0 unspecified atom stereocenters. The topological polar surface area (TPSA) is 26.8 Å². The molecule has 0 aliphatic carbocycles. The van der Waals surface area contributed by atoms with Crippen molar-refractivity contribution in [2.75, 3.05) is 11.4 Å². The third kappa shape index (κ3) is 2.18. The van der Waals surface area contributed by atoms with Gasteiger partial charge in [0.1, 0.15) is 10.3 Å². The maximum absolute atomic E-state index is 9.08. The minimum Gasteiger partial charge on any atom is -0.347 e. The number of rotatable bonds is 3. The predicted molar refractivity (Wildman–Crippen MR) is 80.1 cm³/mol. The van der Waals surface area contributed by atoms with Gasteiger partial charge in [-0.25, -0.2) is 0 Å². The Labute approximate surface area is 121 Å². The largest absolute Gasteiger partial charge is 0.347 e. The summed E-state index contributed by atoms with van der Waals surface area (Å²) < 4.78 is 0. The van der Waals surface area contributed by atoms with Gasteiger partial charge >= 0.3 is 0 Å². The van der Waals surface area contributed by atoms with E-state index in [0.717, 1.165) is 17.8 Å². The number of nitrogens with zero attached hydrogens (tertiary/aromatic N) is 2. The molecule has 94 valence electrons. The number of halogens is 1. The van der Waals surface area contributed by atoms with Crippen molar-refractivity contribution in [3.05, 3.63) is 65.2 Å². The van der Waals surface area contributed by atoms with Crippen molar-refractivity contribution in [2.24, 2.45) is 0 Å². The lowest BCUT2D eigenvalue weighted by molar-refractivity contribution is 1.04. The third-order valence-corrected chi connectivity index (χ3v) is 4.55. The molecule has 1 aliphatic rings. The Morgan fingerprint density at radius 2 is 1.79 bits per heavy atom. The van der Waals surface area contributed by atoms with Gasteiger partial charge in [-0.15, -0.1) is 0 Å². The molecule has 1 saturated heterocycles. The molecule has 0 spiro atoms. The Morgan fingerprint density at radius 3 is 2.42 bits per heavy atom. The van der Waals surface area contributed by atoms with E-state index >= 15 is 0 Å². The van der Waals surface area contributed by atoms with Gasteiger partial charge in [0.25, 0.3) is 0 Å². The second kappa shape index (κ2) is 4.80. The van der Waals surface area contributed by atoms with Gasteiger partial charge in [-0.2, -0.15) is 5.26 Å². The summed E-state index contributed by atoms with van der Waals surface area (Å²) in [5.74, 6) is 0. The maximum Gasteiger partial charge on any atom is 0.144 e. The molecule has 2 aromatic rings. The summed E-state index contributed by atoms with van der Waals surface area (Å²) >= 11 is 7.22. The highest BCUT2D eigenvalue weighted by molar-refractivity contribution is 8.05. The number of anilines is 1. The van der Waals surface area contributed by atoms with E-state index in [4.69, 9.17) is 16.9 Å². The Morgan fingerprint density at radius 1 is 1.11 bits per heavy atom. The minimum absolute atomic E-state index is 0.263. The monoisotopic (exact) mass is 286 g/mol. The summed E-state index contributed by atoms with van der Waals surface area (Å²) in [6.07, 6.45) is 0. The Hall–Kier alpha value is -1.63. The van der Waals surface area contributed by atoms with E-state index in [2.05, 4.69) is 22.4 Å². The predicted octanol–water partition coefficient (Wildman–Crippen LogP) is 4.23. The van der Waals surface area contributed by atoms with E-state index in [1.165, 1.54) is 11.8 Å². The normalized spacial score (nSPS) is 20.9. The molecule has 1 heterocycles. The molecule has 0 N–H and O–H groups in total. The van der Waals surface area contributed by atoms with Crippen LogP contribution in [0, 0.1) is 10.7 Å². The van der Waals surface area contributed by atoms with Gasteiger partial charge < -0.3 is 4.90 Å². The molecule has 3 rings (SSSR count). The van der Waals surface area contributed by atoms with Crippen LogP contribution < -0.4 is 4.90 Å². The lowest BCUT2D eigenvalue weighted by atomic mass is 10.1. The van der Waals surface area contributed by atoms with Gasteiger partial charge in [0, 0.05) is 10.7 Å². The second-order valence-corrected chi connectivity index (χ2v) is 5.90. The van der Waals surface area contributed by atoms with Crippen molar-refractivity contribution in [1.82, 2.24) is 0 Å². The Bertz CT molecular complexity index is 621. The van der Waals surface area contributed by atoms with Crippen LogP contribution in [0.25, 0.3) is 0 Å². The zero-order valence-electron chi connectivity index (χ0n) is 10.1. The SMILES string of the molecule is N#CS[C@]1(c2ccc(Cl)cc2)CN1c1ccccc1. The first kappa shape index (κ1) is 12.4. The summed E-state index contributed by atoms with van der Waals surface area (Å²) in [7, 11) is 0. The van der Waals surface area contributed by atoms with E-state index in [-0.39, 0.29) is 4.87 Å². The van der Waals surface area contributed by atoms with Gasteiger partial charge in [-0.05, 0) is 41.6 Å². The molecular formula is C15H11ClN2S. The zero-order valence-corrected chi connectivity index (χ0v) is 11.7. The van der Waals surface area contributed by atoms with Crippen molar-refractivity contribution >= 4 is 29.1 Å². The van der Waals surface area contributed by atoms with Gasteiger partial charge in [-0.1, -0.05) is 41.9 Å². The van der Waals surface area contributed by atoms with Gasteiger partial charge in [0.2, 0.25) is 0 Å². The Balaban J connectivity index is 1.96. The molecule has 4 heteroatoms. The van der Waals surface area contributed by atoms with E-state index in [9.17, 15) is 0 Å². The summed E-state index contributed by atoms with van der Waals surface area (Å²) in [4.78, 5) is 1.96. The summed E-state index contributed by atoms with van der Waals surface area (Å²) in [5, 5.41) is 12.0. The fourth-order valence-electron chi connectivity index (χ4n) is 2.27. The van der Waals surface area contributed by atoms with Gasteiger partial charge in [0.15, 0.2) is 0 Å². The number of benzene rings is 2. The van der Waals surface area contributed by atoms with Crippen LogP contribution >= 0.6 is 23.4 Å². The molecule has 2 nitrogen and oxygen atoms in total. The first-order valence-electron chi connectivity index (χ1n) is 5.92. The van der Waals surface area contributed by atoms with Crippen LogP contribution in [0.4, 0.5) is 5.69 Å². The van der Waals surface area contributed by atoms with Gasteiger partial charge in [-0.3, -0.25) is 0 Å². The lowest BCUT2D eigenvalue weighted by Crippen LogP contribution is -2.10. The average molecular weight is 287 g/mol. The van der Waals surface area contributed by atoms with Crippen LogP contribution in [0.15, 0.2) is 54.6 Å². The molecule has 0 bridgehead atoms. The molecule has 1 atom stereocenters. The molecule has 2 aromatic carbocycles. The fraction of sp³-hybridized carbons (Fsp3) is 0.133. The average Bonchev–Trinajstić information content (AvgIpc) is 3.17. The molecule has 1 aliphatic heterocycles. The van der Waals surface area contributed by atoms with Crippen LogP contribution in [-0.2, 0) is 4.87 Å². The van der Waals surface area contributed by atoms with Crippen molar-refractivity contribution in [3.8, 4) is 5.40 Å². The summed E-state index contributed by atoms with van der Waals surface area (Å²) in [5.41, 5.74) is 2.26. The van der Waals surface area contributed by atoms with Crippen molar-refractivity contribution < 1.29 is 0 Å². The number of thiocyanates is 1. The molecule has 1 fully saturated rings. The van der Waals surface area contributed by atoms with E-state index in [1.807, 2.05) is 42.5 Å². The highest BCUT2D eigenvalue weighted by atomic mass is 35.5. The number of thioether (sulfide) groups is 1. The highest BCUT2D eigenvalue weighted by Gasteiger charge is 2.54. The van der Waals surface area contributed by atoms with Crippen molar-refractivity contribution in [2.45, 2.75) is 4.87 Å². The number of hydrogen-bond donors (Lipinski definition) is 0. The van der Waals surface area contributed by atoms with Crippen LogP contribution in [-0.4, -0.2) is 6.54 Å². The van der Waals surface area contributed by atoms with Crippen molar-refractivity contribution in [1.29, 1.82) is 5.26 Å². The summed E-state index contributed by atoms with van der Waals surface area (Å²) in [6.45, 7) is 0.844. The molecule has 0 saturated carbocycles. The van der Waals surface area contributed by atoms with Crippen LogP contribution in [0.1, 0.15) is 5.56 Å². The quantitative estimate of drug-likeness (QED) is 0.624. The fourth-order valence-corrected chi connectivity index (χ4v) is 3.21. The molecule has 0 aromatic heterocycles. The maximum atomic E-state index is 9.08. The van der Waals surface area contributed by atoms with E-state index in [1.54, 1.807) is 0 Å². The molecule has 19 heavy (non-hydrogen) atoms. The zero-order chi connectivity index (χ0) is 13.3. The standard InChI is InChI=1S/C15H11ClN2S/c16-13-8-6-12(7-9-13)15(19-11-17)10-18(15)14-4-2-1-3-5-14/h1-9H,10H2/t15-,18?/m0/s1. The number of hydrogen-bond acceptors (Lipinski definition) is 3. The Kier molecular flexibility index (Phi) is 3.14. The lowest BCUT2D eigenvalue weighted by Gasteiger charge is -2.15. The van der Waals surface area contributed by atoms with E-state index < -0.39 is 0 Å². The first-order valence-corrected chi connectivity index (χ1v) is 7.11. The minimum atomic E-state index is -0.263. The van der Waals surface area contributed by atoms with Crippen LogP contribution in [0.5, 0.6) is 0 Å². The molecular weight excluding hydrogens is 276 g/mol. The second-order valence-electron chi connectivity index (χ2n) is 4.41. The van der Waals surface area contributed by atoms with Crippen LogP contribution in [0.2, 0.25) is 5.02 Å². The molecule has 0 radical (unpaired) electrons. The summed E-state index contributed by atoms with van der Waals surface area (Å²) in [6, 6.07) is 17.9. The number of nitriles is 1. The van der Waals surface area contributed by atoms with Crippen LogP contribution in [0.3, 0.4) is 0 Å². The van der Waals surface area contributed by atoms with E-state index in [0.29, 0.717) is 5.02 Å². The molecule has 0 amide bonds. The number of para-hydroxylation sites is 1. The van der Waals surface area contributed by atoms with Gasteiger partial charge in [0.05, 0.1) is 6.54 Å².